The molecule has 2 aromatic carbocycles. The lowest BCUT2D eigenvalue weighted by atomic mass is 10.1. The van der Waals surface area contributed by atoms with Crippen LogP contribution in [0.1, 0.15) is 24.1 Å². The summed E-state index contributed by atoms with van der Waals surface area (Å²) in [6, 6.07) is 11.7. The Bertz CT molecular complexity index is 1070. The number of amides is 1. The molecule has 1 N–H and O–H groups in total. The predicted molar refractivity (Wildman–Crippen MR) is 103 cm³/mol. The molecule has 1 unspecified atom stereocenters. The molecule has 0 fully saturated rings. The number of sulfone groups is 1. The third-order valence-corrected chi connectivity index (χ3v) is 5.53. The maximum Gasteiger partial charge on any atom is 0.225 e. The summed E-state index contributed by atoms with van der Waals surface area (Å²) in [5.74, 6) is 0.548. The van der Waals surface area contributed by atoms with Crippen molar-refractivity contribution in [2.24, 2.45) is 0 Å². The first kappa shape index (κ1) is 19.0. The molecule has 142 valence electrons. The molecule has 27 heavy (non-hydrogen) atoms. The van der Waals surface area contributed by atoms with E-state index in [1.807, 2.05) is 19.1 Å². The molecule has 3 rings (SSSR count). The average molecular weight is 387 g/mol. The molecule has 7 heteroatoms. The highest BCUT2D eigenvalue weighted by atomic mass is 32.2. The van der Waals surface area contributed by atoms with Crippen LogP contribution in [0.4, 0.5) is 0 Å². The molecule has 0 aliphatic heterocycles. The minimum Gasteiger partial charge on any atom is -0.497 e. The minimum atomic E-state index is -3.24. The Labute approximate surface area is 158 Å². The molecular weight excluding hydrogens is 366 g/mol. The fourth-order valence-electron chi connectivity index (χ4n) is 2.88. The van der Waals surface area contributed by atoms with Crippen LogP contribution in [0.25, 0.3) is 11.0 Å². The van der Waals surface area contributed by atoms with Crippen LogP contribution in [-0.2, 0) is 21.1 Å². The molecule has 0 radical (unpaired) electrons. The number of carbonyl (C=O) groups is 1. The highest BCUT2D eigenvalue weighted by Crippen LogP contribution is 2.26. The lowest BCUT2D eigenvalue weighted by Crippen LogP contribution is -2.28. The van der Waals surface area contributed by atoms with Crippen molar-refractivity contribution < 1.29 is 22.4 Å². The van der Waals surface area contributed by atoms with Crippen LogP contribution in [-0.4, -0.2) is 27.7 Å². The summed E-state index contributed by atoms with van der Waals surface area (Å²) in [6.07, 6.45) is 2.93. The highest BCUT2D eigenvalue weighted by molar-refractivity contribution is 7.90. The first-order valence-electron chi connectivity index (χ1n) is 8.41. The first-order chi connectivity index (χ1) is 12.8. The summed E-state index contributed by atoms with van der Waals surface area (Å²) < 4.78 is 33.7. The van der Waals surface area contributed by atoms with Gasteiger partial charge in [-0.05, 0) is 36.8 Å². The molecule has 1 amide bonds. The maximum absolute atomic E-state index is 12.4. The van der Waals surface area contributed by atoms with Crippen LogP contribution in [0.3, 0.4) is 0 Å². The second-order valence-corrected chi connectivity index (χ2v) is 8.45. The zero-order chi connectivity index (χ0) is 19.6. The number of hydrogen-bond acceptors (Lipinski definition) is 5. The van der Waals surface area contributed by atoms with Crippen LogP contribution in [0.15, 0.2) is 58.0 Å². The van der Waals surface area contributed by atoms with E-state index in [9.17, 15) is 13.2 Å². The van der Waals surface area contributed by atoms with Gasteiger partial charge in [0.2, 0.25) is 5.91 Å². The van der Waals surface area contributed by atoms with Gasteiger partial charge in [0.25, 0.3) is 0 Å². The molecular formula is C20H21NO5S. The Kier molecular flexibility index (Phi) is 5.23. The number of ether oxygens (including phenoxy) is 1. The molecule has 0 saturated heterocycles. The molecule has 1 aromatic heterocycles. The summed E-state index contributed by atoms with van der Waals surface area (Å²) in [5, 5.41) is 3.80. The monoisotopic (exact) mass is 387 g/mol. The maximum atomic E-state index is 12.4. The topological polar surface area (TPSA) is 85.6 Å². The van der Waals surface area contributed by atoms with Crippen LogP contribution >= 0.6 is 0 Å². The molecule has 3 aromatic rings. The Balaban J connectivity index is 1.68. The van der Waals surface area contributed by atoms with E-state index in [0.717, 1.165) is 22.8 Å². The van der Waals surface area contributed by atoms with E-state index in [-0.39, 0.29) is 23.3 Å². The van der Waals surface area contributed by atoms with Crippen molar-refractivity contribution in [3.05, 3.63) is 59.9 Å². The molecule has 0 aliphatic carbocycles. The van der Waals surface area contributed by atoms with Crippen LogP contribution in [0.2, 0.25) is 0 Å². The van der Waals surface area contributed by atoms with Crippen LogP contribution in [0.5, 0.6) is 5.75 Å². The Morgan fingerprint density at radius 3 is 2.52 bits per heavy atom. The number of furan rings is 1. The largest absolute Gasteiger partial charge is 0.497 e. The molecule has 0 bridgehead atoms. The van der Waals surface area contributed by atoms with Gasteiger partial charge in [-0.2, -0.15) is 0 Å². The van der Waals surface area contributed by atoms with E-state index >= 15 is 0 Å². The van der Waals surface area contributed by atoms with Gasteiger partial charge in [0, 0.05) is 23.3 Å². The van der Waals surface area contributed by atoms with Crippen molar-refractivity contribution in [1.29, 1.82) is 0 Å². The van der Waals surface area contributed by atoms with Gasteiger partial charge in [-0.15, -0.1) is 0 Å². The fraction of sp³-hybridized carbons (Fsp3) is 0.250. The second kappa shape index (κ2) is 7.44. The van der Waals surface area contributed by atoms with E-state index < -0.39 is 9.84 Å². The van der Waals surface area contributed by atoms with Crippen molar-refractivity contribution in [2.75, 3.05) is 13.4 Å². The standard InChI is InChI=1S/C20H21NO5S/c1-13(14-4-7-17(8-5-14)27(3,23)24)21-20(22)10-15-12-26-19-11-16(25-2)6-9-18(15)19/h4-9,11-13H,10H2,1-3H3,(H,21,22). The number of rotatable bonds is 6. The molecule has 0 saturated carbocycles. The number of nitrogens with one attached hydrogen (secondary N) is 1. The lowest BCUT2D eigenvalue weighted by molar-refractivity contribution is -0.121. The van der Waals surface area contributed by atoms with Gasteiger partial charge in [0.05, 0.1) is 30.7 Å². The van der Waals surface area contributed by atoms with E-state index in [0.29, 0.717) is 11.3 Å². The summed E-state index contributed by atoms with van der Waals surface area (Å²) in [5.41, 5.74) is 2.30. The summed E-state index contributed by atoms with van der Waals surface area (Å²) in [4.78, 5) is 12.7. The molecule has 6 nitrogen and oxygen atoms in total. The van der Waals surface area contributed by atoms with Gasteiger partial charge < -0.3 is 14.5 Å². The number of methoxy groups -OCH3 is 1. The molecule has 1 atom stereocenters. The summed E-state index contributed by atoms with van der Waals surface area (Å²) in [7, 11) is -1.65. The second-order valence-electron chi connectivity index (χ2n) is 6.43. The van der Waals surface area contributed by atoms with E-state index in [4.69, 9.17) is 9.15 Å². The van der Waals surface area contributed by atoms with Crippen molar-refractivity contribution in [3.63, 3.8) is 0 Å². The number of fused-ring (bicyclic) bond motifs is 1. The smallest absolute Gasteiger partial charge is 0.225 e. The molecule has 1 heterocycles. The van der Waals surface area contributed by atoms with Crippen LogP contribution < -0.4 is 10.1 Å². The van der Waals surface area contributed by atoms with E-state index in [1.54, 1.807) is 43.7 Å². The van der Waals surface area contributed by atoms with E-state index in [2.05, 4.69) is 5.32 Å². The zero-order valence-corrected chi connectivity index (χ0v) is 16.2. The number of benzene rings is 2. The fourth-order valence-corrected chi connectivity index (χ4v) is 3.51. The molecule has 0 aliphatic rings. The van der Waals surface area contributed by atoms with Gasteiger partial charge in [-0.25, -0.2) is 8.42 Å². The van der Waals surface area contributed by atoms with Crippen molar-refractivity contribution in [1.82, 2.24) is 5.32 Å². The van der Waals surface area contributed by atoms with Gasteiger partial charge in [0.1, 0.15) is 11.3 Å². The molecule has 0 spiro atoms. The minimum absolute atomic E-state index is 0.145. The predicted octanol–water partition coefficient (Wildman–Crippen LogP) is 3.26. The first-order valence-corrected chi connectivity index (χ1v) is 10.3. The van der Waals surface area contributed by atoms with Crippen LogP contribution in [0, 0.1) is 0 Å². The SMILES string of the molecule is COc1ccc2c(CC(=O)NC(C)c3ccc(S(C)(=O)=O)cc3)coc2c1. The average Bonchev–Trinajstić information content (AvgIpc) is 3.02. The van der Waals surface area contributed by atoms with Crippen molar-refractivity contribution in [3.8, 4) is 5.75 Å². The Morgan fingerprint density at radius 2 is 1.89 bits per heavy atom. The van der Waals surface area contributed by atoms with Gasteiger partial charge in [-0.3, -0.25) is 4.79 Å². The van der Waals surface area contributed by atoms with Crippen molar-refractivity contribution in [2.45, 2.75) is 24.3 Å². The third kappa shape index (κ3) is 4.31. The zero-order valence-electron chi connectivity index (χ0n) is 15.4. The highest BCUT2D eigenvalue weighted by Gasteiger charge is 2.15. The van der Waals surface area contributed by atoms with Gasteiger partial charge in [-0.1, -0.05) is 12.1 Å². The number of carbonyl (C=O) groups excluding carboxylic acids is 1. The van der Waals surface area contributed by atoms with E-state index in [1.165, 1.54) is 0 Å². The normalized spacial score (nSPS) is 12.7. The summed E-state index contributed by atoms with van der Waals surface area (Å²) in [6.45, 7) is 1.85. The number of hydrogen-bond donors (Lipinski definition) is 1. The third-order valence-electron chi connectivity index (χ3n) is 4.40. The summed E-state index contributed by atoms with van der Waals surface area (Å²) >= 11 is 0. The van der Waals surface area contributed by atoms with Gasteiger partial charge >= 0.3 is 0 Å². The quantitative estimate of drug-likeness (QED) is 0.702. The Hall–Kier alpha value is -2.80. The Morgan fingerprint density at radius 1 is 1.19 bits per heavy atom. The lowest BCUT2D eigenvalue weighted by Gasteiger charge is -2.14. The van der Waals surface area contributed by atoms with Crippen molar-refractivity contribution >= 4 is 26.7 Å². The van der Waals surface area contributed by atoms with Gasteiger partial charge in [0.15, 0.2) is 9.84 Å².